The van der Waals surface area contributed by atoms with Crippen LogP contribution in [0.15, 0.2) is 51.0 Å². The van der Waals surface area contributed by atoms with E-state index < -0.39 is 0 Å². The first kappa shape index (κ1) is 121. The normalized spacial score (nSPS) is 30.6. The van der Waals surface area contributed by atoms with E-state index >= 15 is 0 Å². The molecule has 0 radical (unpaired) electrons. The molecule has 150 heavy (non-hydrogen) atoms. The average Bonchev–Trinajstić information content (AvgIpc) is 0.739. The van der Waals surface area contributed by atoms with E-state index in [1.54, 1.807) is 0 Å². The lowest BCUT2D eigenvalue weighted by Crippen LogP contribution is -2.68. The molecule has 0 aromatic heterocycles. The average molecular weight is 2100 g/mol. The van der Waals surface area contributed by atoms with Crippen LogP contribution in [0.3, 0.4) is 0 Å². The van der Waals surface area contributed by atoms with Crippen LogP contribution in [0.4, 0.5) is 0 Å². The second-order valence-corrected chi connectivity index (χ2v) is 65.1. The first-order valence-corrected chi connectivity index (χ1v) is 59.2. The minimum absolute atomic E-state index is 0.00873. The predicted octanol–water partition coefficient (Wildman–Crippen LogP) is 20.0. The summed E-state index contributed by atoms with van der Waals surface area (Å²) in [6.45, 7) is 110. The smallest absolute Gasteiger partial charge is 0.157 e. The lowest BCUT2D eigenvalue weighted by molar-refractivity contribution is -0.256. The molecular formula is C121H230N26O3. The van der Waals surface area contributed by atoms with Crippen molar-refractivity contribution in [2.45, 2.75) is 634 Å². The third kappa shape index (κ3) is 25.2. The lowest BCUT2D eigenvalue weighted by atomic mass is 9.73. The van der Waals surface area contributed by atoms with Crippen LogP contribution in [0.1, 0.15) is 446 Å². The summed E-state index contributed by atoms with van der Waals surface area (Å²) in [6, 6.07) is 0.806. The highest BCUT2D eigenvalue weighted by molar-refractivity contribution is 5.96. The fourth-order valence-corrected chi connectivity index (χ4v) is 33.6. The van der Waals surface area contributed by atoms with Gasteiger partial charge in [-0.2, -0.15) is 0 Å². The quantitative estimate of drug-likeness (QED) is 0.0650. The summed E-state index contributed by atoms with van der Waals surface area (Å²) in [5.41, 5.74) is 8.73. The van der Waals surface area contributed by atoms with Gasteiger partial charge in [-0.15, -0.1) is 15.3 Å². The fraction of sp³-hybridized carbons (Fsp3) is 0.926. The van der Waals surface area contributed by atoms with Crippen molar-refractivity contribution < 1.29 is 14.5 Å². The molecule has 29 heteroatoms. The number of piperidine rings is 11. The van der Waals surface area contributed by atoms with Gasteiger partial charge in [-0.25, -0.2) is 30.8 Å². The highest BCUT2D eigenvalue weighted by Gasteiger charge is 2.60. The van der Waals surface area contributed by atoms with Crippen molar-refractivity contribution in [3.05, 3.63) is 35.7 Å². The van der Waals surface area contributed by atoms with E-state index in [4.69, 9.17) is 29.8 Å². The van der Waals surface area contributed by atoms with Crippen LogP contribution in [0.25, 0.3) is 0 Å². The largest absolute Gasteiger partial charge is 0.351 e. The van der Waals surface area contributed by atoms with E-state index in [-0.39, 0.29) is 189 Å². The zero-order chi connectivity index (χ0) is 112. The Kier molecular flexibility index (Phi) is 32.1. The maximum atomic E-state index is 7.95. The van der Waals surface area contributed by atoms with Crippen molar-refractivity contribution in [2.24, 2.45) is 15.3 Å². The van der Waals surface area contributed by atoms with Gasteiger partial charge >= 0.3 is 0 Å². The Balaban J connectivity index is 1.04. The molecule has 0 saturated carbocycles. The van der Waals surface area contributed by atoms with E-state index in [1.807, 2.05) is 15.8 Å². The topological polar surface area (TPSA) is 183 Å². The summed E-state index contributed by atoms with van der Waals surface area (Å²) in [7, 11) is 21.2. The third-order valence-corrected chi connectivity index (χ3v) is 42.8. The van der Waals surface area contributed by atoms with E-state index in [2.05, 4.69) is 487 Å². The molecule has 0 unspecified atom stereocenters. The van der Waals surface area contributed by atoms with Crippen molar-refractivity contribution in [1.29, 1.82) is 0 Å². The molecular weight excluding hydrogens is 1870 g/mol. The maximum absolute atomic E-state index is 7.95. The first-order chi connectivity index (χ1) is 67.7. The molecule has 0 amide bonds. The van der Waals surface area contributed by atoms with Crippen molar-refractivity contribution in [3.63, 3.8) is 0 Å². The van der Waals surface area contributed by atoms with Crippen LogP contribution in [-0.2, 0) is 14.5 Å². The molecule has 14 aliphatic rings. The molecule has 14 aliphatic heterocycles. The fourth-order valence-electron chi connectivity index (χ4n) is 33.6. The van der Waals surface area contributed by atoms with E-state index in [0.717, 1.165) is 176 Å². The Morgan fingerprint density at radius 2 is 0.367 bits per heavy atom. The van der Waals surface area contributed by atoms with Gasteiger partial charge in [-0.05, 0) is 509 Å². The Morgan fingerprint density at radius 1 is 0.213 bits per heavy atom. The number of nitrogens with zero attached hydrogens (tertiary/aromatic N) is 21. The molecule has 0 aromatic carbocycles. The Hall–Kier alpha value is -4.73. The first-order valence-electron chi connectivity index (χ1n) is 59.2. The minimum Gasteiger partial charge on any atom is -0.351 e. The molecule has 0 atom stereocenters. The van der Waals surface area contributed by atoms with Crippen molar-refractivity contribution in [1.82, 2.24) is 116 Å². The van der Waals surface area contributed by atoms with Crippen molar-refractivity contribution in [3.8, 4) is 0 Å². The molecule has 14 heterocycles. The van der Waals surface area contributed by atoms with Crippen LogP contribution in [-0.4, -0.2) is 385 Å². The predicted molar refractivity (Wildman–Crippen MR) is 624 cm³/mol. The molecule has 14 rings (SSSR count). The summed E-state index contributed by atoms with van der Waals surface area (Å²) in [5, 5.41) is 32.7. The number of likely N-dealkylation sites (tertiary alicyclic amines) is 9. The Labute approximate surface area is 918 Å². The SMILES string of the molecule is CN1C(C)(C)CC(ON2N=C(N(CCN(C3=NN(OC4CC(C)(C)N(C)C(C)(C)C4)NC(N(C4CC(C)(C)N(C)C(C)(C)C4)C4CC(C)(C)N(C)C(C)(C)C4)=C3)C3CC(C)(C)NC(C)(C)C3)CCN(C3=NN(OC4CC(C)(C)N(C)C(C)(C)C4)NC(N(C4CC(C)(C)N(C)C(C)(C)C4)C4CC(C)(C)N(C)C(C)(C)C4)=C3)C3CC(C)(C)NC(C)(C)C3)C=C(N(C3CC(C)(C)N(C)C(C)(C)C3)C3CC(C)(C)N(C)C(C)(C)C3)N2)CC1(C)C. The van der Waals surface area contributed by atoms with E-state index in [1.165, 1.54) is 0 Å². The number of hydrogen-bond donors (Lipinski definition) is 5. The number of nitrogens with one attached hydrogen (secondary N) is 5. The molecule has 862 valence electrons. The summed E-state index contributed by atoms with van der Waals surface area (Å²) in [5.74, 6) is 5.80. The molecule has 5 N–H and O–H groups in total. The van der Waals surface area contributed by atoms with Gasteiger partial charge in [0.25, 0.3) is 0 Å². The second kappa shape index (κ2) is 39.9. The molecule has 11 saturated heterocycles. The van der Waals surface area contributed by atoms with Gasteiger partial charge in [0.05, 0.1) is 18.3 Å². The van der Waals surface area contributed by atoms with E-state index in [0.29, 0.717) is 26.2 Å². The lowest BCUT2D eigenvalue weighted by Gasteiger charge is -2.61. The monoisotopic (exact) mass is 2100 g/mol. The van der Waals surface area contributed by atoms with Crippen molar-refractivity contribution >= 4 is 17.5 Å². The van der Waals surface area contributed by atoms with Gasteiger partial charge in [0, 0.05) is 215 Å². The molecule has 0 bridgehead atoms. The molecule has 11 fully saturated rings. The van der Waals surface area contributed by atoms with Crippen LogP contribution in [0.5, 0.6) is 0 Å². The summed E-state index contributed by atoms with van der Waals surface area (Å²) in [6.07, 6.45) is 27.0. The summed E-state index contributed by atoms with van der Waals surface area (Å²) < 4.78 is 0. The van der Waals surface area contributed by atoms with Gasteiger partial charge in [-0.1, -0.05) is 15.8 Å². The number of amidine groups is 3. The second-order valence-electron chi connectivity index (χ2n) is 65.1. The highest BCUT2D eigenvalue weighted by atomic mass is 16.8. The van der Waals surface area contributed by atoms with Crippen LogP contribution in [0.2, 0.25) is 0 Å². The third-order valence-electron chi connectivity index (χ3n) is 42.8. The van der Waals surface area contributed by atoms with E-state index in [9.17, 15) is 0 Å². The number of hydrazone groups is 3. The number of hydrazine groups is 3. The van der Waals surface area contributed by atoms with Gasteiger partial charge in [0.1, 0.15) is 17.5 Å². The molecule has 0 spiro atoms. The van der Waals surface area contributed by atoms with Crippen LogP contribution < -0.4 is 26.9 Å². The summed E-state index contributed by atoms with van der Waals surface area (Å²) in [4.78, 5) is 64.5. The molecule has 0 aromatic rings. The Bertz CT molecular complexity index is 4420. The zero-order valence-electron chi connectivity index (χ0n) is 107. The van der Waals surface area contributed by atoms with Crippen LogP contribution >= 0.6 is 0 Å². The van der Waals surface area contributed by atoms with Gasteiger partial charge in [0.15, 0.2) is 17.5 Å². The van der Waals surface area contributed by atoms with Crippen LogP contribution in [0, 0.1) is 0 Å². The molecule has 0 aliphatic carbocycles. The maximum Gasteiger partial charge on any atom is 0.157 e. The van der Waals surface area contributed by atoms with Crippen molar-refractivity contribution in [2.75, 3.05) is 89.6 Å². The minimum atomic E-state index is -0.275. The standard InChI is InChI=1S/C121H230N26O3/c1-100(2)61-83(62-101(3,4)128-100)140(95-59-98(126-146(123-95)149-92-79-118(37,38)137(52)119(39,40)80-92)143(87-69-108(17,18)132(47)109(19,20)70-87)88-71-110(21,22)133(48)111(23,24)72-88)56-54-139(94-58-97(125-145(122-94)148-91-77-116(33,34)136(51)117(35,36)78-91)142(85-65-104(9,10)130(45)105(11,12)66-85)86-67-106(13,14)131(46)107(15,16)68-86)55-57-141(84-63-102(5,6)129-103(7,8)64-84)96-60-99(127-147(124-96)150-93-81-120(41,42)138(53)121(43,44)82-93)144(89-73-112(25,26)134(49)113(27,28)74-89)90-75-114(29,30)135(50)115(31,32)76-90/h58-60,83-93,125-129H,54-57,61-82H2,1-53H3. The zero-order valence-corrected chi connectivity index (χ0v) is 107. The molecule has 29 nitrogen and oxygen atoms in total. The highest BCUT2D eigenvalue weighted by Crippen LogP contribution is 2.54. The van der Waals surface area contributed by atoms with Gasteiger partial charge in [-0.3, -0.25) is 44.1 Å². The number of hydrogen-bond acceptors (Lipinski definition) is 29. The number of rotatable bonds is 23. The summed E-state index contributed by atoms with van der Waals surface area (Å²) >= 11 is 0. The van der Waals surface area contributed by atoms with Gasteiger partial charge in [0.2, 0.25) is 0 Å². The Morgan fingerprint density at radius 3 is 0.540 bits per heavy atom. The van der Waals surface area contributed by atoms with Gasteiger partial charge < -0.3 is 40.0 Å².